The monoisotopic (exact) mass is 426 g/mol. The van der Waals surface area contributed by atoms with E-state index in [0.717, 1.165) is 12.3 Å². The maximum absolute atomic E-state index is 12.8. The van der Waals surface area contributed by atoms with E-state index >= 15 is 0 Å². The Morgan fingerprint density at radius 1 is 1.29 bits per heavy atom. The number of hydrogen-bond donors (Lipinski definition) is 0. The molecule has 0 radical (unpaired) electrons. The second kappa shape index (κ2) is 6.20. The molecule has 1 aromatic heterocycles. The van der Waals surface area contributed by atoms with E-state index in [1.54, 1.807) is 0 Å². The van der Waals surface area contributed by atoms with Gasteiger partial charge in [0.2, 0.25) is 5.75 Å². The molecule has 0 N–H and O–H groups in total. The first-order valence-corrected chi connectivity index (χ1v) is 8.88. The number of halogens is 4. The summed E-state index contributed by atoms with van der Waals surface area (Å²) in [6.07, 6.45) is -2.81. The van der Waals surface area contributed by atoms with Crippen LogP contribution in [0.1, 0.15) is 5.56 Å². The third kappa shape index (κ3) is 3.46. The molecule has 130 valence electrons. The maximum atomic E-state index is 12.8. The van der Waals surface area contributed by atoms with Crippen LogP contribution in [-0.4, -0.2) is 31.6 Å². The molecule has 1 heterocycles. The quantitative estimate of drug-likeness (QED) is 0.752. The van der Waals surface area contributed by atoms with Crippen molar-refractivity contribution in [1.29, 1.82) is 0 Å². The van der Waals surface area contributed by atoms with Crippen molar-refractivity contribution >= 4 is 25.8 Å². The summed E-state index contributed by atoms with van der Waals surface area (Å²) >= 11 is 3.04. The Labute approximate surface area is 142 Å². The number of rotatable bonds is 3. The molecule has 0 spiro atoms. The first-order chi connectivity index (χ1) is 11.0. The Morgan fingerprint density at radius 2 is 1.92 bits per heavy atom. The van der Waals surface area contributed by atoms with Gasteiger partial charge in [-0.05, 0) is 34.1 Å². The van der Waals surface area contributed by atoms with Crippen molar-refractivity contribution in [2.45, 2.75) is 11.1 Å². The van der Waals surface area contributed by atoms with Crippen LogP contribution in [0, 0.1) is 0 Å². The van der Waals surface area contributed by atoms with E-state index in [-0.39, 0.29) is 15.9 Å². The lowest BCUT2D eigenvalue weighted by molar-refractivity contribution is -0.137. The van der Waals surface area contributed by atoms with Crippen LogP contribution in [0.25, 0.3) is 5.69 Å². The Bertz CT molecular complexity index is 955. The molecule has 0 aliphatic heterocycles. The summed E-state index contributed by atoms with van der Waals surface area (Å²) in [6.45, 7) is 0. The fraction of sp³-hybridized carbons (Fsp3) is 0.231. The summed E-state index contributed by atoms with van der Waals surface area (Å²) in [6, 6.07) is 2.01. The summed E-state index contributed by atoms with van der Waals surface area (Å²) in [7, 11) is -2.84. The molecular formula is C13H10BrF3N2O4S. The third-order valence-corrected chi connectivity index (χ3v) is 4.70. The molecule has 2 rings (SSSR count). The van der Waals surface area contributed by atoms with E-state index in [4.69, 9.17) is 4.74 Å². The van der Waals surface area contributed by atoms with E-state index in [9.17, 15) is 26.4 Å². The Hall–Kier alpha value is -1.88. The number of ether oxygens (including phenoxy) is 1. The fourth-order valence-corrected chi connectivity index (χ4v) is 3.24. The molecule has 0 saturated heterocycles. The van der Waals surface area contributed by atoms with Crippen molar-refractivity contribution in [2.24, 2.45) is 0 Å². The van der Waals surface area contributed by atoms with E-state index in [2.05, 4.69) is 21.0 Å². The molecule has 0 unspecified atom stereocenters. The van der Waals surface area contributed by atoms with E-state index in [1.807, 2.05) is 0 Å². The molecule has 11 heteroatoms. The first kappa shape index (κ1) is 18.5. The SMILES string of the molecule is COc1c(Br)cnn(-c2ccc(C(F)(F)F)cc2S(C)(=O)=O)c1=O. The van der Waals surface area contributed by atoms with Gasteiger partial charge >= 0.3 is 11.7 Å². The van der Waals surface area contributed by atoms with E-state index in [0.29, 0.717) is 16.8 Å². The molecule has 1 aromatic carbocycles. The number of hydrogen-bond acceptors (Lipinski definition) is 5. The minimum absolute atomic E-state index is 0.163. The van der Waals surface area contributed by atoms with Crippen molar-refractivity contribution < 1.29 is 26.3 Å². The van der Waals surface area contributed by atoms with Gasteiger partial charge in [-0.25, -0.2) is 8.42 Å². The lowest BCUT2D eigenvalue weighted by Crippen LogP contribution is -2.24. The average molecular weight is 427 g/mol. The van der Waals surface area contributed by atoms with Gasteiger partial charge in [0.1, 0.15) is 0 Å². The van der Waals surface area contributed by atoms with Gasteiger partial charge in [0.25, 0.3) is 0 Å². The highest BCUT2D eigenvalue weighted by Gasteiger charge is 2.32. The van der Waals surface area contributed by atoms with Gasteiger partial charge in [0, 0.05) is 6.26 Å². The summed E-state index contributed by atoms with van der Waals surface area (Å²) in [5.74, 6) is -0.163. The second-order valence-corrected chi connectivity index (χ2v) is 7.53. The Kier molecular flexibility index (Phi) is 4.77. The molecule has 0 aliphatic rings. The largest absolute Gasteiger partial charge is 0.490 e. The van der Waals surface area contributed by atoms with Crippen molar-refractivity contribution in [3.8, 4) is 11.4 Å². The molecule has 24 heavy (non-hydrogen) atoms. The van der Waals surface area contributed by atoms with Gasteiger partial charge in [0.05, 0.1) is 33.9 Å². The highest BCUT2D eigenvalue weighted by atomic mass is 79.9. The molecule has 0 bridgehead atoms. The summed E-state index contributed by atoms with van der Waals surface area (Å²) < 4.78 is 68.1. The third-order valence-electron chi connectivity index (χ3n) is 3.01. The predicted octanol–water partition coefficient (Wildman–Crippen LogP) is 2.43. The maximum Gasteiger partial charge on any atom is 0.416 e. The number of aromatic nitrogens is 2. The predicted molar refractivity (Wildman–Crippen MR) is 82.2 cm³/mol. The Balaban J connectivity index is 2.84. The van der Waals surface area contributed by atoms with Crippen LogP contribution in [0.15, 0.2) is 38.6 Å². The molecule has 0 fully saturated rings. The normalized spacial score (nSPS) is 12.2. The minimum atomic E-state index is -4.73. The zero-order valence-corrected chi connectivity index (χ0v) is 14.7. The van der Waals surface area contributed by atoms with Gasteiger partial charge in [-0.15, -0.1) is 0 Å². The smallest absolute Gasteiger partial charge is 0.416 e. The number of nitrogens with zero attached hydrogens (tertiary/aromatic N) is 2. The van der Waals surface area contributed by atoms with Crippen LogP contribution in [0.3, 0.4) is 0 Å². The number of sulfone groups is 1. The van der Waals surface area contributed by atoms with E-state index in [1.165, 1.54) is 13.3 Å². The Morgan fingerprint density at radius 3 is 2.42 bits per heavy atom. The average Bonchev–Trinajstić information content (AvgIpc) is 2.45. The van der Waals surface area contributed by atoms with Gasteiger partial charge in [-0.2, -0.15) is 23.0 Å². The second-order valence-electron chi connectivity index (χ2n) is 4.70. The topological polar surface area (TPSA) is 78.3 Å². The zero-order valence-electron chi connectivity index (χ0n) is 12.3. The first-order valence-electron chi connectivity index (χ1n) is 6.20. The molecule has 0 saturated carbocycles. The molecular weight excluding hydrogens is 417 g/mol. The van der Waals surface area contributed by atoms with Gasteiger partial charge in [-0.3, -0.25) is 4.79 Å². The fourth-order valence-electron chi connectivity index (χ4n) is 1.94. The summed E-state index contributed by atoms with van der Waals surface area (Å²) in [5, 5.41) is 3.75. The van der Waals surface area contributed by atoms with Crippen LogP contribution in [0.2, 0.25) is 0 Å². The summed E-state index contributed by atoms with van der Waals surface area (Å²) in [4.78, 5) is 11.6. The van der Waals surface area contributed by atoms with E-state index < -0.39 is 32.0 Å². The molecule has 0 atom stereocenters. The summed E-state index contributed by atoms with van der Waals surface area (Å²) in [5.41, 5.74) is -2.28. The highest BCUT2D eigenvalue weighted by Crippen LogP contribution is 2.33. The number of methoxy groups -OCH3 is 1. The van der Waals surface area contributed by atoms with Crippen molar-refractivity contribution in [3.63, 3.8) is 0 Å². The van der Waals surface area contributed by atoms with Crippen molar-refractivity contribution in [3.05, 3.63) is 44.8 Å². The van der Waals surface area contributed by atoms with Crippen molar-refractivity contribution in [2.75, 3.05) is 13.4 Å². The highest BCUT2D eigenvalue weighted by molar-refractivity contribution is 9.10. The van der Waals surface area contributed by atoms with Gasteiger partial charge < -0.3 is 4.74 Å². The number of alkyl halides is 3. The van der Waals surface area contributed by atoms with Crippen LogP contribution in [0.4, 0.5) is 13.2 Å². The minimum Gasteiger partial charge on any atom is -0.490 e. The zero-order chi connectivity index (χ0) is 18.3. The molecule has 0 aliphatic carbocycles. The van der Waals surface area contributed by atoms with Crippen LogP contribution >= 0.6 is 15.9 Å². The van der Waals surface area contributed by atoms with Crippen LogP contribution in [-0.2, 0) is 16.0 Å². The molecule has 6 nitrogen and oxygen atoms in total. The van der Waals surface area contributed by atoms with Gasteiger partial charge in [0.15, 0.2) is 9.84 Å². The number of benzene rings is 1. The van der Waals surface area contributed by atoms with Crippen molar-refractivity contribution in [1.82, 2.24) is 9.78 Å². The molecule has 2 aromatic rings. The van der Waals surface area contributed by atoms with Crippen LogP contribution < -0.4 is 10.3 Å². The standard InChI is InChI=1S/C13H10BrF3N2O4S/c1-23-11-8(14)6-18-19(12(11)20)9-4-3-7(13(15,16)17)5-10(9)24(2,21)22/h3-6H,1-2H3. The lowest BCUT2D eigenvalue weighted by Gasteiger charge is -2.14. The van der Waals surface area contributed by atoms with Crippen LogP contribution in [0.5, 0.6) is 5.75 Å². The molecule has 0 amide bonds. The van der Waals surface area contributed by atoms with Gasteiger partial charge in [-0.1, -0.05) is 0 Å². The lowest BCUT2D eigenvalue weighted by atomic mass is 10.2.